The second-order valence-corrected chi connectivity index (χ2v) is 8.77. The van der Waals surface area contributed by atoms with Gasteiger partial charge in [-0.2, -0.15) is 0 Å². The highest BCUT2D eigenvalue weighted by molar-refractivity contribution is 6.31. The van der Waals surface area contributed by atoms with E-state index in [4.69, 9.17) is 22.1 Å². The number of amides is 1. The fraction of sp³-hybridized carbons (Fsp3) is 0.269. The van der Waals surface area contributed by atoms with Gasteiger partial charge < -0.3 is 15.8 Å². The number of nitrogen functional groups attached to an aromatic ring is 1. The maximum atomic E-state index is 12.5. The summed E-state index contributed by atoms with van der Waals surface area (Å²) in [6.45, 7) is 3.70. The van der Waals surface area contributed by atoms with Gasteiger partial charge in [-0.15, -0.1) is 0 Å². The van der Waals surface area contributed by atoms with Crippen molar-refractivity contribution in [2.45, 2.75) is 45.6 Å². The van der Waals surface area contributed by atoms with Crippen molar-refractivity contribution >= 4 is 29.4 Å². The molecule has 1 amide bonds. The van der Waals surface area contributed by atoms with E-state index in [-0.39, 0.29) is 11.9 Å². The standard InChI is InChI=1S/C26H27ClN4O2/c1-16-12-20(15-29-25(16)28)26(32)31-21-8-6-18(7-9-21)13-19-4-3-5-22(14-19)33-24-11-10-23(27)17(2)30-24/h3-5,10-15,21H,6-9H2,1-2H3,(H2,28,29)(H,31,32). The number of benzene rings is 1. The number of allylic oxidation sites excluding steroid dienone is 1. The van der Waals surface area contributed by atoms with Crippen molar-refractivity contribution < 1.29 is 9.53 Å². The molecule has 6 nitrogen and oxygen atoms in total. The molecule has 2 heterocycles. The molecule has 3 aromatic rings. The van der Waals surface area contributed by atoms with Crippen LogP contribution in [0.1, 0.15) is 52.9 Å². The molecule has 0 saturated heterocycles. The molecule has 4 rings (SSSR count). The van der Waals surface area contributed by atoms with Crippen LogP contribution in [0, 0.1) is 13.8 Å². The number of halogens is 1. The minimum atomic E-state index is -0.0982. The zero-order chi connectivity index (χ0) is 23.4. The van der Waals surface area contributed by atoms with Crippen LogP contribution in [-0.2, 0) is 0 Å². The summed E-state index contributed by atoms with van der Waals surface area (Å²) in [6, 6.07) is 13.4. The Morgan fingerprint density at radius 2 is 1.97 bits per heavy atom. The minimum Gasteiger partial charge on any atom is -0.439 e. The first-order valence-corrected chi connectivity index (χ1v) is 11.4. The first kappa shape index (κ1) is 22.8. The molecule has 33 heavy (non-hydrogen) atoms. The molecule has 0 atom stereocenters. The van der Waals surface area contributed by atoms with E-state index >= 15 is 0 Å². The summed E-state index contributed by atoms with van der Waals surface area (Å²) in [5.41, 5.74) is 10.3. The largest absolute Gasteiger partial charge is 0.439 e. The van der Waals surface area contributed by atoms with Gasteiger partial charge in [0.2, 0.25) is 5.88 Å². The lowest BCUT2D eigenvalue weighted by Gasteiger charge is -2.25. The quantitative estimate of drug-likeness (QED) is 0.494. The normalized spacial score (nSPS) is 15.7. The molecular weight excluding hydrogens is 436 g/mol. The van der Waals surface area contributed by atoms with Gasteiger partial charge in [0.1, 0.15) is 11.6 Å². The van der Waals surface area contributed by atoms with Gasteiger partial charge in [0.15, 0.2) is 0 Å². The molecule has 1 aliphatic rings. The van der Waals surface area contributed by atoms with E-state index in [2.05, 4.69) is 27.4 Å². The Balaban J connectivity index is 1.34. The van der Waals surface area contributed by atoms with Gasteiger partial charge in [-0.25, -0.2) is 9.97 Å². The van der Waals surface area contributed by atoms with Crippen molar-refractivity contribution in [3.63, 3.8) is 0 Å². The third-order valence-corrected chi connectivity index (χ3v) is 6.19. The maximum Gasteiger partial charge on any atom is 0.253 e. The van der Waals surface area contributed by atoms with Crippen LogP contribution in [0.5, 0.6) is 11.6 Å². The van der Waals surface area contributed by atoms with Crippen LogP contribution < -0.4 is 15.8 Å². The summed E-state index contributed by atoms with van der Waals surface area (Å²) in [7, 11) is 0. The van der Waals surface area contributed by atoms with Crippen molar-refractivity contribution in [3.05, 3.63) is 81.6 Å². The van der Waals surface area contributed by atoms with Gasteiger partial charge in [-0.1, -0.05) is 35.4 Å². The van der Waals surface area contributed by atoms with Crippen molar-refractivity contribution in [1.82, 2.24) is 15.3 Å². The number of nitrogens with zero attached hydrogens (tertiary/aromatic N) is 2. The molecule has 7 heteroatoms. The lowest BCUT2D eigenvalue weighted by atomic mass is 9.89. The lowest BCUT2D eigenvalue weighted by Crippen LogP contribution is -2.36. The van der Waals surface area contributed by atoms with Gasteiger partial charge in [-0.05, 0) is 74.9 Å². The maximum absolute atomic E-state index is 12.5. The van der Waals surface area contributed by atoms with Crippen LogP contribution in [0.3, 0.4) is 0 Å². The topological polar surface area (TPSA) is 90.1 Å². The fourth-order valence-corrected chi connectivity index (χ4v) is 3.96. The first-order chi connectivity index (χ1) is 15.9. The molecule has 0 unspecified atom stereocenters. The number of hydrogen-bond acceptors (Lipinski definition) is 5. The molecule has 1 saturated carbocycles. The molecule has 1 aromatic carbocycles. The average molecular weight is 463 g/mol. The van der Waals surface area contributed by atoms with Crippen LogP contribution in [0.25, 0.3) is 6.08 Å². The van der Waals surface area contributed by atoms with Crippen molar-refractivity contribution in [3.8, 4) is 11.6 Å². The van der Waals surface area contributed by atoms with E-state index in [1.165, 1.54) is 11.8 Å². The Labute approximate surface area is 198 Å². The molecule has 2 aromatic heterocycles. The summed E-state index contributed by atoms with van der Waals surface area (Å²) >= 11 is 6.04. The Bertz CT molecular complexity index is 1200. The van der Waals surface area contributed by atoms with Crippen LogP contribution in [0.2, 0.25) is 5.02 Å². The molecule has 1 aliphatic carbocycles. The fourth-order valence-electron chi connectivity index (χ4n) is 3.86. The van der Waals surface area contributed by atoms with E-state index in [1.54, 1.807) is 18.2 Å². The lowest BCUT2D eigenvalue weighted by molar-refractivity contribution is 0.0930. The van der Waals surface area contributed by atoms with E-state index in [0.717, 1.165) is 48.3 Å². The number of pyridine rings is 2. The molecular formula is C26H27ClN4O2. The van der Waals surface area contributed by atoms with Gasteiger partial charge in [-0.3, -0.25) is 4.79 Å². The Kier molecular flexibility index (Phi) is 6.94. The van der Waals surface area contributed by atoms with Gasteiger partial charge >= 0.3 is 0 Å². The van der Waals surface area contributed by atoms with Crippen molar-refractivity contribution in [2.75, 3.05) is 5.73 Å². The predicted molar refractivity (Wildman–Crippen MR) is 132 cm³/mol. The van der Waals surface area contributed by atoms with Crippen molar-refractivity contribution in [2.24, 2.45) is 0 Å². The minimum absolute atomic E-state index is 0.0982. The summed E-state index contributed by atoms with van der Waals surface area (Å²) in [4.78, 5) is 21.0. The highest BCUT2D eigenvalue weighted by Crippen LogP contribution is 2.28. The Hall–Kier alpha value is -3.38. The monoisotopic (exact) mass is 462 g/mol. The highest BCUT2D eigenvalue weighted by Gasteiger charge is 2.19. The number of hydrogen-bond donors (Lipinski definition) is 2. The second-order valence-electron chi connectivity index (χ2n) is 8.37. The number of carbonyl (C=O) groups excluding carboxylic acids is 1. The molecule has 170 valence electrons. The zero-order valence-electron chi connectivity index (χ0n) is 18.8. The third kappa shape index (κ3) is 5.90. The summed E-state index contributed by atoms with van der Waals surface area (Å²) in [6.07, 6.45) is 7.42. The number of aryl methyl sites for hydroxylation is 2. The number of nitrogens with one attached hydrogen (secondary N) is 1. The molecule has 0 radical (unpaired) electrons. The Morgan fingerprint density at radius 1 is 1.18 bits per heavy atom. The first-order valence-electron chi connectivity index (χ1n) is 11.0. The van der Waals surface area contributed by atoms with E-state index < -0.39 is 0 Å². The molecule has 0 spiro atoms. The van der Waals surface area contributed by atoms with Gasteiger partial charge in [0.25, 0.3) is 5.91 Å². The van der Waals surface area contributed by atoms with Crippen molar-refractivity contribution in [1.29, 1.82) is 0 Å². The molecule has 3 N–H and O–H groups in total. The van der Waals surface area contributed by atoms with E-state index in [1.807, 2.05) is 32.0 Å². The highest BCUT2D eigenvalue weighted by atomic mass is 35.5. The van der Waals surface area contributed by atoms with E-state index in [9.17, 15) is 4.79 Å². The van der Waals surface area contributed by atoms with E-state index in [0.29, 0.717) is 22.3 Å². The second kappa shape index (κ2) is 10.0. The molecule has 1 fully saturated rings. The third-order valence-electron chi connectivity index (χ3n) is 5.79. The number of anilines is 1. The number of ether oxygens (including phenoxy) is 1. The number of rotatable bonds is 5. The van der Waals surface area contributed by atoms with Gasteiger partial charge in [0.05, 0.1) is 16.3 Å². The number of carbonyl (C=O) groups is 1. The summed E-state index contributed by atoms with van der Waals surface area (Å²) in [5.74, 6) is 1.60. The number of aromatic nitrogens is 2. The number of nitrogens with two attached hydrogens (primary N) is 1. The van der Waals surface area contributed by atoms with Crippen LogP contribution in [0.4, 0.5) is 5.82 Å². The summed E-state index contributed by atoms with van der Waals surface area (Å²) < 4.78 is 5.90. The van der Waals surface area contributed by atoms with Crippen LogP contribution in [-0.4, -0.2) is 21.9 Å². The smallest absolute Gasteiger partial charge is 0.253 e. The summed E-state index contributed by atoms with van der Waals surface area (Å²) in [5, 5.41) is 3.75. The Morgan fingerprint density at radius 3 is 2.70 bits per heavy atom. The SMILES string of the molecule is Cc1cc(C(=O)NC2CCC(=Cc3cccc(Oc4ccc(Cl)c(C)n4)c3)CC2)cnc1N. The molecule has 0 aliphatic heterocycles. The van der Waals surface area contributed by atoms with Gasteiger partial charge in [0, 0.05) is 18.3 Å². The zero-order valence-corrected chi connectivity index (χ0v) is 19.5. The van der Waals surface area contributed by atoms with Crippen LogP contribution in [0.15, 0.2) is 54.2 Å². The van der Waals surface area contributed by atoms with Crippen LogP contribution >= 0.6 is 11.6 Å². The predicted octanol–water partition coefficient (Wildman–Crippen LogP) is 5.88. The average Bonchev–Trinajstić information content (AvgIpc) is 2.80. The molecule has 0 bridgehead atoms.